The number of nitrogens with zero attached hydrogens (tertiary/aromatic N) is 4. The summed E-state index contributed by atoms with van der Waals surface area (Å²) in [5.41, 5.74) is 1.40. The minimum Gasteiger partial charge on any atom is -0.466 e. The van der Waals surface area contributed by atoms with Gasteiger partial charge in [-0.25, -0.2) is 19.2 Å². The molecular weight excluding hydrogens is 425 g/mol. The van der Waals surface area contributed by atoms with E-state index in [1.165, 1.54) is 25.3 Å². The van der Waals surface area contributed by atoms with Crippen LogP contribution in [0.15, 0.2) is 52.9 Å². The summed E-state index contributed by atoms with van der Waals surface area (Å²) in [4.78, 5) is 28.2. The van der Waals surface area contributed by atoms with E-state index in [4.69, 9.17) is 21.1 Å². The Labute approximate surface area is 183 Å². The van der Waals surface area contributed by atoms with Crippen molar-refractivity contribution >= 4 is 23.4 Å². The maximum absolute atomic E-state index is 13.7. The van der Waals surface area contributed by atoms with Gasteiger partial charge in [0.05, 0.1) is 25.9 Å². The summed E-state index contributed by atoms with van der Waals surface area (Å²) in [6, 6.07) is 4.90. The maximum Gasteiger partial charge on any atom is 0.338 e. The van der Waals surface area contributed by atoms with Crippen LogP contribution in [0.4, 0.5) is 4.39 Å². The molecule has 0 spiro atoms. The second-order valence-corrected chi connectivity index (χ2v) is 7.42. The molecule has 0 radical (unpaired) electrons. The zero-order chi connectivity index (χ0) is 21.8. The number of hydrogen-bond donors (Lipinski definition) is 1. The average molecular weight is 446 g/mol. The molecule has 2 aliphatic rings. The van der Waals surface area contributed by atoms with Crippen molar-refractivity contribution in [3.05, 3.63) is 70.2 Å². The molecule has 4 rings (SSSR count). The van der Waals surface area contributed by atoms with Gasteiger partial charge in [0.15, 0.2) is 11.7 Å². The van der Waals surface area contributed by atoms with Crippen molar-refractivity contribution < 1.29 is 18.7 Å². The van der Waals surface area contributed by atoms with E-state index in [0.717, 1.165) is 13.1 Å². The molecule has 0 aliphatic carbocycles. The molecule has 31 heavy (non-hydrogen) atoms. The van der Waals surface area contributed by atoms with Crippen LogP contribution < -0.4 is 5.32 Å². The van der Waals surface area contributed by atoms with Crippen LogP contribution in [0, 0.1) is 5.82 Å². The van der Waals surface area contributed by atoms with Crippen LogP contribution in [0.3, 0.4) is 0 Å². The van der Waals surface area contributed by atoms with Gasteiger partial charge in [0.2, 0.25) is 0 Å². The Hall–Kier alpha value is -2.88. The van der Waals surface area contributed by atoms with Gasteiger partial charge < -0.3 is 14.8 Å². The number of hydrogen-bond acceptors (Lipinski definition) is 8. The number of ether oxygens (including phenoxy) is 2. The zero-order valence-electron chi connectivity index (χ0n) is 16.8. The second-order valence-electron chi connectivity index (χ2n) is 7.02. The topological polar surface area (TPSA) is 88.9 Å². The van der Waals surface area contributed by atoms with Crippen molar-refractivity contribution in [1.82, 2.24) is 20.2 Å². The predicted molar refractivity (Wildman–Crippen MR) is 112 cm³/mol. The van der Waals surface area contributed by atoms with Gasteiger partial charge in [0.25, 0.3) is 0 Å². The Morgan fingerprint density at radius 3 is 2.74 bits per heavy atom. The molecule has 1 N–H and O–H groups in total. The number of halogens is 2. The van der Waals surface area contributed by atoms with Gasteiger partial charge in [0, 0.05) is 48.3 Å². The highest BCUT2D eigenvalue weighted by Gasteiger charge is 2.34. The molecular formula is C21H21ClFN5O3. The van der Waals surface area contributed by atoms with E-state index >= 15 is 0 Å². The fourth-order valence-corrected chi connectivity index (χ4v) is 3.81. The lowest BCUT2D eigenvalue weighted by Gasteiger charge is -2.32. The quantitative estimate of drug-likeness (QED) is 0.705. The maximum atomic E-state index is 13.7. The molecule has 162 valence electrons. The third kappa shape index (κ3) is 4.73. The van der Waals surface area contributed by atoms with Gasteiger partial charge in [-0.1, -0.05) is 17.7 Å². The van der Waals surface area contributed by atoms with E-state index < -0.39 is 17.8 Å². The van der Waals surface area contributed by atoms with Crippen LogP contribution in [-0.4, -0.2) is 66.6 Å². The summed E-state index contributed by atoms with van der Waals surface area (Å²) in [6.07, 6.45) is 3.21. The highest BCUT2D eigenvalue weighted by molar-refractivity contribution is 6.31. The molecule has 0 saturated carbocycles. The highest BCUT2D eigenvalue weighted by Crippen LogP contribution is 2.36. The van der Waals surface area contributed by atoms with Crippen LogP contribution >= 0.6 is 11.6 Å². The van der Waals surface area contributed by atoms with Crippen LogP contribution in [0.5, 0.6) is 0 Å². The molecule has 3 heterocycles. The Balaban J connectivity index is 1.82. The molecule has 1 fully saturated rings. The molecule has 1 saturated heterocycles. The number of rotatable bonds is 5. The number of carbonyl (C=O) groups excluding carboxylic acids is 1. The molecule has 8 nitrogen and oxygen atoms in total. The zero-order valence-corrected chi connectivity index (χ0v) is 17.6. The van der Waals surface area contributed by atoms with E-state index in [0.29, 0.717) is 48.3 Å². The van der Waals surface area contributed by atoms with Gasteiger partial charge in [-0.15, -0.1) is 0 Å². The minimum absolute atomic E-state index is 0.163. The first-order valence-electron chi connectivity index (χ1n) is 9.75. The number of aromatic nitrogens is 2. The monoisotopic (exact) mass is 445 g/mol. The molecule has 1 aromatic heterocycles. The van der Waals surface area contributed by atoms with Gasteiger partial charge >= 0.3 is 5.97 Å². The van der Waals surface area contributed by atoms with E-state index in [2.05, 4.69) is 25.2 Å². The first kappa shape index (κ1) is 21.4. The van der Waals surface area contributed by atoms with Crippen LogP contribution in [0.2, 0.25) is 5.02 Å². The Morgan fingerprint density at radius 1 is 1.32 bits per heavy atom. The normalized spacial score (nSPS) is 19.6. The molecule has 0 amide bonds. The van der Waals surface area contributed by atoms with Crippen LogP contribution in [0.25, 0.3) is 0 Å². The SMILES string of the molecule is COC(=O)C1=C(CN2CCOCC2)NC(c2ncccn2)=NC1c1ccc(F)cc1Cl. The molecule has 2 aliphatic heterocycles. The van der Waals surface area contributed by atoms with Crippen molar-refractivity contribution in [2.75, 3.05) is 40.0 Å². The third-order valence-corrected chi connectivity index (χ3v) is 5.38. The summed E-state index contributed by atoms with van der Waals surface area (Å²) >= 11 is 6.35. The lowest BCUT2D eigenvalue weighted by Crippen LogP contribution is -2.43. The molecule has 10 heteroatoms. The molecule has 1 aromatic carbocycles. The Morgan fingerprint density at radius 2 is 2.06 bits per heavy atom. The van der Waals surface area contributed by atoms with E-state index in [9.17, 15) is 9.18 Å². The van der Waals surface area contributed by atoms with Gasteiger partial charge in [-0.2, -0.15) is 0 Å². The molecule has 1 unspecified atom stereocenters. The van der Waals surface area contributed by atoms with Crippen molar-refractivity contribution in [1.29, 1.82) is 0 Å². The van der Waals surface area contributed by atoms with E-state index in [1.54, 1.807) is 18.5 Å². The summed E-state index contributed by atoms with van der Waals surface area (Å²) in [6.45, 7) is 3.09. The molecule has 2 aromatic rings. The number of methoxy groups -OCH3 is 1. The second kappa shape index (κ2) is 9.51. The fraction of sp³-hybridized carbons (Fsp3) is 0.333. The summed E-state index contributed by atoms with van der Waals surface area (Å²) in [5, 5.41) is 3.38. The lowest BCUT2D eigenvalue weighted by molar-refractivity contribution is -0.136. The van der Waals surface area contributed by atoms with Gasteiger partial charge in [0.1, 0.15) is 11.9 Å². The molecule has 0 bridgehead atoms. The fourth-order valence-electron chi connectivity index (χ4n) is 3.54. The van der Waals surface area contributed by atoms with Crippen LogP contribution in [-0.2, 0) is 14.3 Å². The van der Waals surface area contributed by atoms with Crippen LogP contribution in [0.1, 0.15) is 17.4 Å². The van der Waals surface area contributed by atoms with E-state index in [1.807, 2.05) is 0 Å². The number of morpholine rings is 1. The van der Waals surface area contributed by atoms with Crippen molar-refractivity contribution in [3.63, 3.8) is 0 Å². The number of benzene rings is 1. The number of aliphatic imine (C=N–C) groups is 1. The Kier molecular flexibility index (Phi) is 6.55. The summed E-state index contributed by atoms with van der Waals surface area (Å²) < 4.78 is 24.2. The number of esters is 1. The van der Waals surface area contributed by atoms with Crippen molar-refractivity contribution in [2.24, 2.45) is 4.99 Å². The summed E-state index contributed by atoms with van der Waals surface area (Å²) in [5.74, 6) is -0.260. The van der Waals surface area contributed by atoms with Crippen molar-refractivity contribution in [2.45, 2.75) is 6.04 Å². The number of amidine groups is 1. The number of nitrogens with one attached hydrogen (secondary N) is 1. The Bertz CT molecular complexity index is 1020. The molecule has 1 atom stereocenters. The largest absolute Gasteiger partial charge is 0.466 e. The predicted octanol–water partition coefficient (Wildman–Crippen LogP) is 2.12. The lowest BCUT2D eigenvalue weighted by atomic mass is 9.95. The first-order valence-corrected chi connectivity index (χ1v) is 10.1. The summed E-state index contributed by atoms with van der Waals surface area (Å²) in [7, 11) is 1.31. The standard InChI is InChI=1S/C21H21ClFN5O3/c1-30-21(29)17-16(12-28-7-9-31-10-8-28)26-20(19-24-5-2-6-25-19)27-18(17)14-4-3-13(23)11-15(14)22/h2-6,11,18H,7-10,12H2,1H3,(H,26,27). The average Bonchev–Trinajstić information content (AvgIpc) is 2.79. The first-order chi connectivity index (χ1) is 15.1. The smallest absolute Gasteiger partial charge is 0.338 e. The van der Waals surface area contributed by atoms with Gasteiger partial charge in [-0.3, -0.25) is 9.89 Å². The number of carbonyl (C=O) groups is 1. The van der Waals surface area contributed by atoms with E-state index in [-0.39, 0.29) is 5.02 Å². The minimum atomic E-state index is -0.809. The highest BCUT2D eigenvalue weighted by atomic mass is 35.5. The van der Waals surface area contributed by atoms with Gasteiger partial charge in [-0.05, 0) is 18.2 Å². The third-order valence-electron chi connectivity index (χ3n) is 5.05. The van der Waals surface area contributed by atoms with Crippen molar-refractivity contribution in [3.8, 4) is 0 Å².